The molecule has 3 rings (SSSR count). The topological polar surface area (TPSA) is 44.9 Å². The molecule has 4 nitrogen and oxygen atoms in total. The van der Waals surface area contributed by atoms with Crippen LogP contribution in [-0.4, -0.2) is 16.3 Å². The van der Waals surface area contributed by atoms with Crippen molar-refractivity contribution in [3.63, 3.8) is 0 Å². The molecule has 1 aliphatic rings. The molecule has 0 spiro atoms. The van der Waals surface area contributed by atoms with Gasteiger partial charge >= 0.3 is 0 Å². The number of benzene rings is 1. The molecule has 0 saturated heterocycles. The second-order valence-electron chi connectivity index (χ2n) is 5.14. The average molecular weight is 349 g/mol. The first-order valence-electron chi connectivity index (χ1n) is 6.74. The highest BCUT2D eigenvalue weighted by molar-refractivity contribution is 9.10. The minimum atomic E-state index is -0.374. The molecule has 0 atom stereocenters. The molecule has 0 fully saturated rings. The van der Waals surface area contributed by atoms with Crippen LogP contribution in [0.2, 0.25) is 0 Å². The zero-order valence-electron chi connectivity index (χ0n) is 11.6. The monoisotopic (exact) mass is 348 g/mol. The predicted octanol–water partition coefficient (Wildman–Crippen LogP) is 3.15. The van der Waals surface area contributed by atoms with E-state index in [4.69, 9.17) is 5.26 Å². The number of rotatable bonds is 1. The summed E-state index contributed by atoms with van der Waals surface area (Å²) < 4.78 is 16.6. The van der Waals surface area contributed by atoms with Crippen molar-refractivity contribution in [2.24, 2.45) is 7.05 Å². The summed E-state index contributed by atoms with van der Waals surface area (Å²) in [6.07, 6.45) is 3.75. The third-order valence-corrected chi connectivity index (χ3v) is 4.65. The maximum Gasteiger partial charge on any atom is 0.161 e. The van der Waals surface area contributed by atoms with Gasteiger partial charge in [0.1, 0.15) is 6.07 Å². The minimum Gasteiger partial charge on any atom is -0.365 e. The molecule has 6 heteroatoms. The van der Waals surface area contributed by atoms with Crippen LogP contribution in [0.4, 0.5) is 10.1 Å². The van der Waals surface area contributed by atoms with Crippen LogP contribution in [0.5, 0.6) is 0 Å². The van der Waals surface area contributed by atoms with Gasteiger partial charge in [-0.1, -0.05) is 0 Å². The van der Waals surface area contributed by atoms with E-state index in [9.17, 15) is 4.39 Å². The standard InChI is InChI=1S/C15H14BrFN4/c1-20-12-3-2-6-21(9-11(12)8-19-20)13-5-4-10(7-18)14(16)15(13)17/h4-5,8H,2-3,6,9H2,1H3. The summed E-state index contributed by atoms with van der Waals surface area (Å²) in [5.41, 5.74) is 3.19. The van der Waals surface area contributed by atoms with Gasteiger partial charge in [-0.3, -0.25) is 4.68 Å². The Hall–Kier alpha value is -1.87. The number of hydrogen-bond acceptors (Lipinski definition) is 3. The van der Waals surface area contributed by atoms with Crippen molar-refractivity contribution in [2.75, 3.05) is 11.4 Å². The Labute approximate surface area is 130 Å². The van der Waals surface area contributed by atoms with Crippen molar-refractivity contribution in [3.05, 3.63) is 45.4 Å². The summed E-state index contributed by atoms with van der Waals surface area (Å²) in [6, 6.07) is 5.31. The van der Waals surface area contributed by atoms with Crippen LogP contribution in [-0.2, 0) is 20.0 Å². The van der Waals surface area contributed by atoms with E-state index in [0.717, 1.165) is 24.9 Å². The third-order valence-electron chi connectivity index (χ3n) is 3.87. The summed E-state index contributed by atoms with van der Waals surface area (Å²) in [4.78, 5) is 2.01. The SMILES string of the molecule is Cn1ncc2c1CCCN(c1ccc(C#N)c(Br)c1F)C2. The lowest BCUT2D eigenvalue weighted by atomic mass is 10.2. The van der Waals surface area contributed by atoms with Crippen molar-refractivity contribution in [2.45, 2.75) is 19.4 Å². The number of anilines is 1. The number of aryl methyl sites for hydroxylation is 1. The van der Waals surface area contributed by atoms with Crippen LogP contribution >= 0.6 is 15.9 Å². The van der Waals surface area contributed by atoms with E-state index in [1.807, 2.05) is 28.9 Å². The quantitative estimate of drug-likeness (QED) is 0.795. The molecule has 2 aromatic rings. The smallest absolute Gasteiger partial charge is 0.161 e. The van der Waals surface area contributed by atoms with Crippen molar-refractivity contribution in [1.82, 2.24) is 9.78 Å². The van der Waals surface area contributed by atoms with E-state index < -0.39 is 0 Å². The molecule has 0 radical (unpaired) electrons. The first kappa shape index (κ1) is 14.1. The van der Waals surface area contributed by atoms with Crippen LogP contribution in [0.15, 0.2) is 22.8 Å². The summed E-state index contributed by atoms with van der Waals surface area (Å²) in [5.74, 6) is -0.374. The van der Waals surface area contributed by atoms with Crippen molar-refractivity contribution in [3.8, 4) is 6.07 Å². The normalized spacial score (nSPS) is 14.5. The molecule has 0 amide bonds. The third kappa shape index (κ3) is 2.42. The van der Waals surface area contributed by atoms with Gasteiger partial charge in [0.2, 0.25) is 0 Å². The Bertz CT molecular complexity index is 732. The van der Waals surface area contributed by atoms with Crippen LogP contribution in [0, 0.1) is 17.1 Å². The molecule has 0 saturated carbocycles. The van der Waals surface area contributed by atoms with Crippen molar-refractivity contribution >= 4 is 21.6 Å². The van der Waals surface area contributed by atoms with E-state index in [2.05, 4.69) is 21.0 Å². The van der Waals surface area contributed by atoms with Gasteiger partial charge in [0, 0.05) is 31.4 Å². The van der Waals surface area contributed by atoms with E-state index >= 15 is 0 Å². The molecule has 2 heterocycles. The predicted molar refractivity (Wildman–Crippen MR) is 81.4 cm³/mol. The Morgan fingerprint density at radius 1 is 1.43 bits per heavy atom. The number of nitriles is 1. The summed E-state index contributed by atoms with van der Waals surface area (Å²) in [6.45, 7) is 1.42. The summed E-state index contributed by atoms with van der Waals surface area (Å²) in [5, 5.41) is 13.2. The first-order chi connectivity index (χ1) is 10.1. The highest BCUT2D eigenvalue weighted by atomic mass is 79.9. The fourth-order valence-corrected chi connectivity index (χ4v) is 3.18. The van der Waals surface area contributed by atoms with Gasteiger partial charge < -0.3 is 4.90 Å². The lowest BCUT2D eigenvalue weighted by Crippen LogP contribution is -2.23. The Morgan fingerprint density at radius 3 is 3.00 bits per heavy atom. The van der Waals surface area contributed by atoms with E-state index in [1.165, 1.54) is 5.69 Å². The maximum atomic E-state index is 14.5. The Balaban J connectivity index is 1.98. The molecular formula is C15H14BrFN4. The Morgan fingerprint density at radius 2 is 2.24 bits per heavy atom. The summed E-state index contributed by atoms with van der Waals surface area (Å²) in [7, 11) is 1.94. The molecule has 0 N–H and O–H groups in total. The van der Waals surface area contributed by atoms with E-state index in [0.29, 0.717) is 17.8 Å². The van der Waals surface area contributed by atoms with Crippen molar-refractivity contribution in [1.29, 1.82) is 5.26 Å². The summed E-state index contributed by atoms with van der Waals surface area (Å²) >= 11 is 3.17. The van der Waals surface area contributed by atoms with Gasteiger partial charge in [0.25, 0.3) is 0 Å². The average Bonchev–Trinajstić information content (AvgIpc) is 2.71. The lowest BCUT2D eigenvalue weighted by Gasteiger charge is -2.23. The number of hydrogen-bond donors (Lipinski definition) is 0. The van der Waals surface area contributed by atoms with Gasteiger partial charge in [0.05, 0.1) is 21.9 Å². The lowest BCUT2D eigenvalue weighted by molar-refractivity contribution is 0.607. The van der Waals surface area contributed by atoms with Crippen molar-refractivity contribution < 1.29 is 4.39 Å². The fourth-order valence-electron chi connectivity index (χ4n) is 2.76. The zero-order chi connectivity index (χ0) is 15.0. The minimum absolute atomic E-state index is 0.234. The molecule has 0 bridgehead atoms. The van der Waals surface area contributed by atoms with Gasteiger partial charge in [-0.2, -0.15) is 10.4 Å². The number of nitrogens with zero attached hydrogens (tertiary/aromatic N) is 4. The van der Waals surface area contributed by atoms with Gasteiger partial charge in [-0.25, -0.2) is 4.39 Å². The zero-order valence-corrected chi connectivity index (χ0v) is 13.2. The largest absolute Gasteiger partial charge is 0.365 e. The molecule has 1 aromatic carbocycles. The highest BCUT2D eigenvalue weighted by Gasteiger charge is 2.21. The molecule has 21 heavy (non-hydrogen) atoms. The number of aromatic nitrogens is 2. The van der Waals surface area contributed by atoms with Crippen LogP contribution < -0.4 is 4.90 Å². The molecule has 0 unspecified atom stereocenters. The molecule has 1 aromatic heterocycles. The molecular weight excluding hydrogens is 335 g/mol. The second-order valence-corrected chi connectivity index (χ2v) is 5.93. The molecule has 0 aliphatic carbocycles. The van der Waals surface area contributed by atoms with Crippen LogP contribution in [0.1, 0.15) is 23.2 Å². The van der Waals surface area contributed by atoms with Crippen LogP contribution in [0.3, 0.4) is 0 Å². The van der Waals surface area contributed by atoms with Gasteiger partial charge in [0.15, 0.2) is 5.82 Å². The van der Waals surface area contributed by atoms with Gasteiger partial charge in [-0.05, 0) is 40.9 Å². The molecule has 108 valence electrons. The van der Waals surface area contributed by atoms with E-state index in [1.54, 1.807) is 12.1 Å². The van der Waals surface area contributed by atoms with E-state index in [-0.39, 0.29) is 10.3 Å². The van der Waals surface area contributed by atoms with Crippen LogP contribution in [0.25, 0.3) is 0 Å². The maximum absolute atomic E-state index is 14.5. The number of halogens is 2. The first-order valence-corrected chi connectivity index (χ1v) is 7.54. The molecule has 1 aliphatic heterocycles. The number of fused-ring (bicyclic) bond motifs is 1. The fraction of sp³-hybridized carbons (Fsp3) is 0.333. The Kier molecular flexibility index (Phi) is 3.68. The van der Waals surface area contributed by atoms with Gasteiger partial charge in [-0.15, -0.1) is 0 Å². The second kappa shape index (κ2) is 5.49. The highest BCUT2D eigenvalue weighted by Crippen LogP contribution is 2.31.